The number of carbonyl (C=O) groups is 2. The second-order valence-electron chi connectivity index (χ2n) is 7.46. The third-order valence-electron chi connectivity index (χ3n) is 5.40. The largest absolute Gasteiger partial charge is 0.497 e. The summed E-state index contributed by atoms with van der Waals surface area (Å²) in [4.78, 5) is 30.7. The number of hydrogen-bond donors (Lipinski definition) is 0. The molecule has 1 aliphatic heterocycles. The highest BCUT2D eigenvalue weighted by Gasteiger charge is 2.33. The second-order valence-corrected chi connectivity index (χ2v) is 8.60. The van der Waals surface area contributed by atoms with E-state index in [1.165, 1.54) is 0 Å². The standard InChI is InChI=1S/C23H26N2O3S/c1-28-19-10-6-17(7-11-19)16-25(18-8-9-18)23(27)13-12-22(26)24-14-15-29-21-5-3-2-4-20(21)24/h2-7,10-11,18H,8-9,12-16H2,1H3. The molecule has 2 aromatic carbocycles. The summed E-state index contributed by atoms with van der Waals surface area (Å²) in [5.74, 6) is 1.80. The number of amides is 2. The van der Waals surface area contributed by atoms with Crippen LogP contribution in [-0.2, 0) is 16.1 Å². The van der Waals surface area contributed by atoms with Crippen LogP contribution in [0.4, 0.5) is 5.69 Å². The predicted octanol–water partition coefficient (Wildman–Crippen LogP) is 4.11. The molecule has 0 N–H and O–H groups in total. The van der Waals surface area contributed by atoms with Gasteiger partial charge in [0.2, 0.25) is 11.8 Å². The smallest absolute Gasteiger partial charge is 0.227 e. The highest BCUT2D eigenvalue weighted by atomic mass is 32.2. The van der Waals surface area contributed by atoms with Crippen molar-refractivity contribution in [2.24, 2.45) is 0 Å². The van der Waals surface area contributed by atoms with Gasteiger partial charge in [-0.15, -0.1) is 11.8 Å². The fraction of sp³-hybridized carbons (Fsp3) is 0.391. The van der Waals surface area contributed by atoms with E-state index < -0.39 is 0 Å². The summed E-state index contributed by atoms with van der Waals surface area (Å²) in [6.45, 7) is 1.29. The van der Waals surface area contributed by atoms with Crippen LogP contribution < -0.4 is 9.64 Å². The minimum absolute atomic E-state index is 0.0336. The Kier molecular flexibility index (Phi) is 6.09. The molecule has 2 aromatic rings. The molecule has 1 aliphatic carbocycles. The Balaban J connectivity index is 1.37. The minimum atomic E-state index is 0.0336. The number of rotatable bonds is 7. The lowest BCUT2D eigenvalue weighted by Crippen LogP contribution is -2.37. The first kappa shape index (κ1) is 19.8. The van der Waals surface area contributed by atoms with Crippen molar-refractivity contribution in [3.63, 3.8) is 0 Å². The van der Waals surface area contributed by atoms with Crippen LogP contribution >= 0.6 is 11.8 Å². The summed E-state index contributed by atoms with van der Waals surface area (Å²) in [5, 5.41) is 0. The van der Waals surface area contributed by atoms with Crippen LogP contribution in [0.3, 0.4) is 0 Å². The molecule has 0 radical (unpaired) electrons. The van der Waals surface area contributed by atoms with Crippen molar-refractivity contribution < 1.29 is 14.3 Å². The molecule has 0 saturated heterocycles. The van der Waals surface area contributed by atoms with E-state index in [2.05, 4.69) is 0 Å². The van der Waals surface area contributed by atoms with Crippen LogP contribution in [0.5, 0.6) is 5.75 Å². The zero-order valence-electron chi connectivity index (χ0n) is 16.7. The quantitative estimate of drug-likeness (QED) is 0.689. The number of anilines is 1. The van der Waals surface area contributed by atoms with E-state index in [9.17, 15) is 9.59 Å². The van der Waals surface area contributed by atoms with E-state index in [1.807, 2.05) is 58.3 Å². The summed E-state index contributed by atoms with van der Waals surface area (Å²) in [6, 6.07) is 16.1. The molecule has 2 aliphatic rings. The van der Waals surface area contributed by atoms with Crippen molar-refractivity contribution in [1.29, 1.82) is 0 Å². The molecule has 0 spiro atoms. The zero-order valence-corrected chi connectivity index (χ0v) is 17.5. The Morgan fingerprint density at radius 1 is 1.10 bits per heavy atom. The van der Waals surface area contributed by atoms with E-state index in [-0.39, 0.29) is 24.7 Å². The summed E-state index contributed by atoms with van der Waals surface area (Å²) in [5.41, 5.74) is 2.05. The molecular formula is C23H26N2O3S. The molecule has 29 heavy (non-hydrogen) atoms. The van der Waals surface area contributed by atoms with Crippen molar-refractivity contribution in [1.82, 2.24) is 4.90 Å². The molecule has 0 bridgehead atoms. The summed E-state index contributed by atoms with van der Waals surface area (Å²) >= 11 is 1.78. The lowest BCUT2D eigenvalue weighted by molar-refractivity contribution is -0.134. The maximum Gasteiger partial charge on any atom is 0.227 e. The minimum Gasteiger partial charge on any atom is -0.497 e. The first-order valence-electron chi connectivity index (χ1n) is 10.1. The van der Waals surface area contributed by atoms with Gasteiger partial charge in [0.05, 0.1) is 12.8 Å². The van der Waals surface area contributed by atoms with Crippen molar-refractivity contribution in [3.8, 4) is 5.75 Å². The average Bonchev–Trinajstić information content (AvgIpc) is 3.61. The van der Waals surface area contributed by atoms with Crippen molar-refractivity contribution >= 4 is 29.3 Å². The Hall–Kier alpha value is -2.47. The maximum absolute atomic E-state index is 12.9. The number of ether oxygens (including phenoxy) is 1. The summed E-state index contributed by atoms with van der Waals surface area (Å²) in [6.07, 6.45) is 2.61. The van der Waals surface area contributed by atoms with Crippen LogP contribution in [0, 0.1) is 0 Å². The van der Waals surface area contributed by atoms with E-state index in [0.29, 0.717) is 19.1 Å². The summed E-state index contributed by atoms with van der Waals surface area (Å²) in [7, 11) is 1.64. The van der Waals surface area contributed by atoms with E-state index in [0.717, 1.165) is 40.5 Å². The number of benzene rings is 2. The van der Waals surface area contributed by atoms with Gasteiger partial charge in [-0.05, 0) is 42.7 Å². The van der Waals surface area contributed by atoms with Gasteiger partial charge in [-0.1, -0.05) is 24.3 Å². The molecule has 1 saturated carbocycles. The van der Waals surface area contributed by atoms with Crippen LogP contribution in [0.25, 0.3) is 0 Å². The predicted molar refractivity (Wildman–Crippen MR) is 115 cm³/mol. The van der Waals surface area contributed by atoms with E-state index >= 15 is 0 Å². The highest BCUT2D eigenvalue weighted by molar-refractivity contribution is 7.99. The highest BCUT2D eigenvalue weighted by Crippen LogP contribution is 2.35. The van der Waals surface area contributed by atoms with Crippen molar-refractivity contribution in [2.75, 3.05) is 24.3 Å². The van der Waals surface area contributed by atoms with Crippen LogP contribution in [-0.4, -0.2) is 42.2 Å². The second kappa shape index (κ2) is 8.91. The van der Waals surface area contributed by atoms with Gasteiger partial charge in [0, 0.05) is 42.6 Å². The Morgan fingerprint density at radius 2 is 1.86 bits per heavy atom. The molecule has 0 unspecified atom stereocenters. The lowest BCUT2D eigenvalue weighted by atomic mass is 10.1. The Morgan fingerprint density at radius 3 is 2.59 bits per heavy atom. The Labute approximate surface area is 176 Å². The number of carbonyl (C=O) groups excluding carboxylic acids is 2. The van der Waals surface area contributed by atoms with E-state index in [4.69, 9.17) is 4.74 Å². The monoisotopic (exact) mass is 410 g/mol. The van der Waals surface area contributed by atoms with Crippen LogP contribution in [0.1, 0.15) is 31.2 Å². The number of fused-ring (bicyclic) bond motifs is 1. The normalized spacial score (nSPS) is 15.6. The van der Waals surface area contributed by atoms with Gasteiger partial charge in [-0.3, -0.25) is 9.59 Å². The number of thioether (sulfide) groups is 1. The molecule has 0 atom stereocenters. The molecule has 6 heteroatoms. The maximum atomic E-state index is 12.9. The van der Waals surface area contributed by atoms with Crippen LogP contribution in [0.2, 0.25) is 0 Å². The van der Waals surface area contributed by atoms with Gasteiger partial charge < -0.3 is 14.5 Å². The molecule has 1 fully saturated rings. The molecule has 2 amide bonds. The van der Waals surface area contributed by atoms with Crippen molar-refractivity contribution in [3.05, 3.63) is 54.1 Å². The molecule has 1 heterocycles. The third kappa shape index (κ3) is 4.75. The fourth-order valence-corrected chi connectivity index (χ4v) is 4.65. The first-order chi connectivity index (χ1) is 14.2. The third-order valence-corrected chi connectivity index (χ3v) is 6.45. The first-order valence-corrected chi connectivity index (χ1v) is 11.1. The van der Waals surface area contributed by atoms with Crippen molar-refractivity contribution in [2.45, 2.75) is 43.2 Å². The summed E-state index contributed by atoms with van der Waals surface area (Å²) < 4.78 is 5.20. The SMILES string of the molecule is COc1ccc(CN(C(=O)CCC(=O)N2CCSc3ccccc32)C2CC2)cc1. The van der Waals surface area contributed by atoms with E-state index in [1.54, 1.807) is 18.9 Å². The zero-order chi connectivity index (χ0) is 20.2. The topological polar surface area (TPSA) is 49.9 Å². The molecule has 152 valence electrons. The van der Waals surface area contributed by atoms with Gasteiger partial charge in [-0.25, -0.2) is 0 Å². The van der Waals surface area contributed by atoms with Gasteiger partial charge in [0.1, 0.15) is 5.75 Å². The fourth-order valence-electron chi connectivity index (χ4n) is 3.66. The van der Waals surface area contributed by atoms with Crippen LogP contribution in [0.15, 0.2) is 53.4 Å². The number of para-hydroxylation sites is 1. The molecule has 0 aromatic heterocycles. The average molecular weight is 411 g/mol. The molecule has 4 rings (SSSR count). The Bertz CT molecular complexity index is 880. The number of hydrogen-bond acceptors (Lipinski definition) is 4. The number of methoxy groups -OCH3 is 1. The van der Waals surface area contributed by atoms with Gasteiger partial charge in [0.25, 0.3) is 0 Å². The molecular weight excluding hydrogens is 384 g/mol. The molecule has 5 nitrogen and oxygen atoms in total. The number of nitrogens with zero attached hydrogens (tertiary/aromatic N) is 2. The van der Waals surface area contributed by atoms with Gasteiger partial charge in [-0.2, -0.15) is 0 Å². The lowest BCUT2D eigenvalue weighted by Gasteiger charge is -2.29. The van der Waals surface area contributed by atoms with Gasteiger partial charge in [0.15, 0.2) is 0 Å². The van der Waals surface area contributed by atoms with Gasteiger partial charge >= 0.3 is 0 Å².